The summed E-state index contributed by atoms with van der Waals surface area (Å²) < 4.78 is 5.78. The highest BCUT2D eigenvalue weighted by molar-refractivity contribution is 9.10. The maximum Gasteiger partial charge on any atom is 0.264 e. The molecule has 1 amide bonds. The summed E-state index contributed by atoms with van der Waals surface area (Å²) in [6, 6.07) is 11.1. The Labute approximate surface area is 164 Å². The first-order valence-electron chi connectivity index (χ1n) is 7.95. The summed E-state index contributed by atoms with van der Waals surface area (Å²) >= 11 is 4.66. The molecule has 5 nitrogen and oxygen atoms in total. The summed E-state index contributed by atoms with van der Waals surface area (Å²) in [6.45, 7) is 2.10. The molecule has 1 fully saturated rings. The van der Waals surface area contributed by atoms with Crippen molar-refractivity contribution in [2.24, 2.45) is 4.99 Å². The van der Waals surface area contributed by atoms with E-state index in [9.17, 15) is 9.90 Å². The molecule has 2 aromatic rings. The van der Waals surface area contributed by atoms with Crippen molar-refractivity contribution in [3.63, 3.8) is 0 Å². The van der Waals surface area contributed by atoms with Crippen molar-refractivity contribution in [1.29, 1.82) is 0 Å². The third kappa shape index (κ3) is 4.11. The fourth-order valence-corrected chi connectivity index (χ4v) is 3.66. The summed E-state index contributed by atoms with van der Waals surface area (Å²) in [5.74, 6) is 0.161. The van der Waals surface area contributed by atoms with Crippen LogP contribution in [0.3, 0.4) is 0 Å². The van der Waals surface area contributed by atoms with Crippen LogP contribution in [0, 0.1) is 0 Å². The smallest absolute Gasteiger partial charge is 0.264 e. The molecule has 0 bridgehead atoms. The largest absolute Gasteiger partial charge is 0.504 e. The Balaban J connectivity index is 1.85. The van der Waals surface area contributed by atoms with Gasteiger partial charge in [-0.15, -0.1) is 0 Å². The van der Waals surface area contributed by atoms with Crippen LogP contribution in [-0.4, -0.2) is 23.3 Å². The van der Waals surface area contributed by atoms with Gasteiger partial charge in [-0.3, -0.25) is 4.79 Å². The minimum Gasteiger partial charge on any atom is -0.504 e. The number of phenols is 1. The lowest BCUT2D eigenvalue weighted by Crippen LogP contribution is -2.19. The lowest BCUT2D eigenvalue weighted by molar-refractivity contribution is -0.115. The average Bonchev–Trinajstić information content (AvgIpc) is 2.97. The first-order valence-corrected chi connectivity index (χ1v) is 9.56. The van der Waals surface area contributed by atoms with E-state index in [0.717, 1.165) is 17.7 Å². The van der Waals surface area contributed by atoms with E-state index in [1.165, 1.54) is 30.5 Å². The van der Waals surface area contributed by atoms with E-state index < -0.39 is 0 Å². The van der Waals surface area contributed by atoms with Gasteiger partial charge in [0.15, 0.2) is 16.7 Å². The second-order valence-electron chi connectivity index (χ2n) is 5.55. The number of hydrogen-bond acceptors (Lipinski definition) is 5. The number of rotatable bonds is 4. The van der Waals surface area contributed by atoms with Crippen molar-refractivity contribution >= 4 is 50.5 Å². The number of nitrogens with zero attached hydrogens (tertiary/aromatic N) is 1. The number of amides is 1. The molecule has 1 saturated heterocycles. The fourth-order valence-electron chi connectivity index (χ4n) is 2.38. The molecule has 3 rings (SSSR count). The molecular weight excluding hydrogens is 416 g/mol. The zero-order chi connectivity index (χ0) is 18.7. The number of halogens is 1. The highest BCUT2D eigenvalue weighted by atomic mass is 79.9. The van der Waals surface area contributed by atoms with E-state index in [4.69, 9.17) is 4.74 Å². The van der Waals surface area contributed by atoms with Gasteiger partial charge in [-0.1, -0.05) is 35.0 Å². The van der Waals surface area contributed by atoms with E-state index in [1.54, 1.807) is 12.1 Å². The van der Waals surface area contributed by atoms with E-state index in [-0.39, 0.29) is 11.7 Å². The molecule has 1 heterocycles. The number of carbonyl (C=O) groups excluding carboxylic acids is 1. The molecular formula is C19H17BrN2O3S. The number of benzene rings is 2. The first kappa shape index (κ1) is 18.5. The van der Waals surface area contributed by atoms with E-state index in [0.29, 0.717) is 20.3 Å². The number of methoxy groups -OCH3 is 1. The monoisotopic (exact) mass is 432 g/mol. The topological polar surface area (TPSA) is 70.9 Å². The van der Waals surface area contributed by atoms with Crippen molar-refractivity contribution in [3.8, 4) is 11.5 Å². The van der Waals surface area contributed by atoms with Crippen molar-refractivity contribution in [3.05, 3.63) is 56.9 Å². The molecule has 0 spiro atoms. The standard InChI is InChI=1S/C19H17BrN2O3S/c1-3-11-4-6-13(7-5-11)21-19-22-18(24)17(26-19)9-12-8-16(25-2)15(23)10-14(12)20/h4-10,23H,3H2,1-2H3,(H,21,22,24)/b17-9-. The maximum absolute atomic E-state index is 12.2. The van der Waals surface area contributed by atoms with Gasteiger partial charge in [0.2, 0.25) is 0 Å². The highest BCUT2D eigenvalue weighted by Gasteiger charge is 2.24. The first-order chi connectivity index (χ1) is 12.5. The average molecular weight is 433 g/mol. The Morgan fingerprint density at radius 2 is 2.04 bits per heavy atom. The van der Waals surface area contributed by atoms with Gasteiger partial charge >= 0.3 is 0 Å². The molecule has 0 unspecified atom stereocenters. The molecule has 26 heavy (non-hydrogen) atoms. The number of ether oxygens (including phenoxy) is 1. The number of amidine groups is 1. The number of aliphatic imine (C=N–C) groups is 1. The minimum absolute atomic E-state index is 0.0304. The van der Waals surface area contributed by atoms with E-state index in [1.807, 2.05) is 24.3 Å². The van der Waals surface area contributed by atoms with Gasteiger partial charge in [0.25, 0.3) is 5.91 Å². The van der Waals surface area contributed by atoms with Crippen LogP contribution in [0.4, 0.5) is 5.69 Å². The molecule has 0 radical (unpaired) electrons. The van der Waals surface area contributed by atoms with Crippen LogP contribution in [0.5, 0.6) is 11.5 Å². The maximum atomic E-state index is 12.2. The molecule has 2 N–H and O–H groups in total. The van der Waals surface area contributed by atoms with Gasteiger partial charge in [0, 0.05) is 4.47 Å². The number of phenolic OH excluding ortho intramolecular Hbond substituents is 1. The molecule has 0 aliphatic carbocycles. The van der Waals surface area contributed by atoms with Crippen LogP contribution in [-0.2, 0) is 11.2 Å². The number of thioether (sulfide) groups is 1. The number of nitrogens with one attached hydrogen (secondary N) is 1. The minimum atomic E-state index is -0.210. The van der Waals surface area contributed by atoms with Gasteiger partial charge in [0.05, 0.1) is 17.7 Å². The zero-order valence-electron chi connectivity index (χ0n) is 14.2. The van der Waals surface area contributed by atoms with Crippen LogP contribution >= 0.6 is 27.7 Å². The van der Waals surface area contributed by atoms with Crippen molar-refractivity contribution in [1.82, 2.24) is 5.32 Å². The van der Waals surface area contributed by atoms with Crippen molar-refractivity contribution in [2.45, 2.75) is 13.3 Å². The number of aromatic hydroxyl groups is 1. The quantitative estimate of drug-likeness (QED) is 0.691. The van der Waals surface area contributed by atoms with Gasteiger partial charge in [-0.05, 0) is 59.7 Å². The molecule has 0 atom stereocenters. The van der Waals surface area contributed by atoms with Gasteiger partial charge < -0.3 is 15.2 Å². The SMILES string of the molecule is CCc1ccc(N=C2NC(=O)/C(=C/c3cc(OC)c(O)cc3Br)S2)cc1. The lowest BCUT2D eigenvalue weighted by Gasteiger charge is -2.06. The van der Waals surface area contributed by atoms with Crippen molar-refractivity contribution in [2.75, 3.05) is 7.11 Å². The Morgan fingerprint density at radius 3 is 2.69 bits per heavy atom. The normalized spacial score (nSPS) is 17.0. The van der Waals surface area contributed by atoms with Crippen LogP contribution in [0.15, 0.2) is 50.8 Å². The molecule has 1 aliphatic rings. The predicted octanol–water partition coefficient (Wildman–Crippen LogP) is 4.62. The molecule has 7 heteroatoms. The lowest BCUT2D eigenvalue weighted by atomic mass is 10.2. The van der Waals surface area contributed by atoms with Crippen LogP contribution in [0.25, 0.3) is 6.08 Å². The highest BCUT2D eigenvalue weighted by Crippen LogP contribution is 2.35. The van der Waals surface area contributed by atoms with Crippen LogP contribution in [0.2, 0.25) is 0 Å². The summed E-state index contributed by atoms with van der Waals surface area (Å²) in [4.78, 5) is 17.2. The Morgan fingerprint density at radius 1 is 1.31 bits per heavy atom. The number of hydrogen-bond donors (Lipinski definition) is 2. The third-order valence-electron chi connectivity index (χ3n) is 3.81. The predicted molar refractivity (Wildman–Crippen MR) is 109 cm³/mol. The second-order valence-corrected chi connectivity index (χ2v) is 7.43. The molecule has 134 valence electrons. The summed E-state index contributed by atoms with van der Waals surface area (Å²) in [6.07, 6.45) is 2.70. The second kappa shape index (κ2) is 7.97. The van der Waals surface area contributed by atoms with Crippen molar-refractivity contribution < 1.29 is 14.6 Å². The van der Waals surface area contributed by atoms with E-state index in [2.05, 4.69) is 33.2 Å². The number of carbonyl (C=O) groups is 1. The van der Waals surface area contributed by atoms with Gasteiger partial charge in [0.1, 0.15) is 0 Å². The molecule has 0 saturated carbocycles. The summed E-state index contributed by atoms with van der Waals surface area (Å²) in [5.41, 5.74) is 2.76. The Kier molecular flexibility index (Phi) is 5.68. The fraction of sp³-hybridized carbons (Fsp3) is 0.158. The molecule has 0 aromatic heterocycles. The zero-order valence-corrected chi connectivity index (χ0v) is 16.6. The Hall–Kier alpha value is -2.25. The molecule has 2 aromatic carbocycles. The van der Waals surface area contributed by atoms with Gasteiger partial charge in [-0.2, -0.15) is 0 Å². The summed E-state index contributed by atoms with van der Waals surface area (Å²) in [7, 11) is 1.48. The van der Waals surface area contributed by atoms with Crippen LogP contribution < -0.4 is 10.1 Å². The third-order valence-corrected chi connectivity index (χ3v) is 5.41. The van der Waals surface area contributed by atoms with Crippen LogP contribution in [0.1, 0.15) is 18.1 Å². The van der Waals surface area contributed by atoms with Gasteiger partial charge in [-0.25, -0.2) is 4.99 Å². The van der Waals surface area contributed by atoms with E-state index >= 15 is 0 Å². The number of aryl methyl sites for hydroxylation is 1. The summed E-state index contributed by atoms with van der Waals surface area (Å²) in [5, 5.41) is 13.1. The Bertz CT molecular complexity index is 908. The molecule has 1 aliphatic heterocycles.